The fourth-order valence-electron chi connectivity index (χ4n) is 1.72. The van der Waals surface area contributed by atoms with E-state index >= 15 is 0 Å². The average Bonchev–Trinajstić information content (AvgIpc) is 2.43. The van der Waals surface area contributed by atoms with Crippen molar-refractivity contribution in [2.75, 3.05) is 27.2 Å². The first-order chi connectivity index (χ1) is 8.62. The first kappa shape index (κ1) is 14.7. The molecule has 0 aromatic heterocycles. The third-order valence-electron chi connectivity index (χ3n) is 3.06. The second-order valence-corrected chi connectivity index (χ2v) is 4.14. The summed E-state index contributed by atoms with van der Waals surface area (Å²) in [7, 11) is 3.08. The lowest BCUT2D eigenvalue weighted by molar-refractivity contribution is -0.0757. The number of nitrogens with zero attached hydrogens (tertiary/aromatic N) is 2. The number of amides is 1. The third-order valence-corrected chi connectivity index (χ3v) is 3.06. The molecule has 100 valence electrons. The molecule has 0 saturated heterocycles. The molecule has 0 spiro atoms. The van der Waals surface area contributed by atoms with E-state index in [0.717, 1.165) is 19.6 Å². The zero-order valence-corrected chi connectivity index (χ0v) is 11.6. The number of benzene rings is 1. The number of hydrogen-bond donors (Lipinski definition) is 0. The molecule has 1 rings (SSSR count). The van der Waals surface area contributed by atoms with Gasteiger partial charge < -0.3 is 0 Å². The first-order valence-electron chi connectivity index (χ1n) is 6.25. The van der Waals surface area contributed by atoms with Gasteiger partial charge in [-0.1, -0.05) is 26.0 Å². The van der Waals surface area contributed by atoms with Gasteiger partial charge in [0.05, 0.1) is 7.11 Å². The van der Waals surface area contributed by atoms with Crippen LogP contribution in [0.1, 0.15) is 29.8 Å². The maximum atomic E-state index is 11.8. The van der Waals surface area contributed by atoms with Gasteiger partial charge in [-0.15, -0.1) is 0 Å². The number of hydrogen-bond acceptors (Lipinski definition) is 3. The highest BCUT2D eigenvalue weighted by atomic mass is 16.7. The van der Waals surface area contributed by atoms with Crippen LogP contribution in [0, 0.1) is 0 Å². The summed E-state index contributed by atoms with van der Waals surface area (Å²) in [6, 6.07) is 7.68. The van der Waals surface area contributed by atoms with E-state index in [0.29, 0.717) is 5.56 Å². The Labute approximate surface area is 109 Å². The van der Waals surface area contributed by atoms with Crippen molar-refractivity contribution in [2.45, 2.75) is 20.4 Å². The molecule has 0 aliphatic carbocycles. The highest BCUT2D eigenvalue weighted by Gasteiger charge is 2.10. The Morgan fingerprint density at radius 2 is 1.72 bits per heavy atom. The molecule has 18 heavy (non-hydrogen) atoms. The molecular weight excluding hydrogens is 228 g/mol. The molecule has 1 aromatic rings. The van der Waals surface area contributed by atoms with E-state index in [1.54, 1.807) is 7.05 Å². The normalized spacial score (nSPS) is 10.7. The van der Waals surface area contributed by atoms with Gasteiger partial charge in [-0.3, -0.25) is 14.5 Å². The van der Waals surface area contributed by atoms with Gasteiger partial charge in [0, 0.05) is 19.2 Å². The van der Waals surface area contributed by atoms with Crippen molar-refractivity contribution in [1.82, 2.24) is 9.96 Å². The van der Waals surface area contributed by atoms with Crippen LogP contribution in [0.3, 0.4) is 0 Å². The minimum atomic E-state index is -0.133. The van der Waals surface area contributed by atoms with Gasteiger partial charge in [-0.2, -0.15) is 0 Å². The third kappa shape index (κ3) is 3.82. The number of carbonyl (C=O) groups is 1. The van der Waals surface area contributed by atoms with Gasteiger partial charge in [0.2, 0.25) is 0 Å². The molecule has 0 heterocycles. The van der Waals surface area contributed by atoms with Crippen molar-refractivity contribution in [2.24, 2.45) is 0 Å². The molecule has 1 aromatic carbocycles. The first-order valence-corrected chi connectivity index (χ1v) is 6.25. The molecule has 4 nitrogen and oxygen atoms in total. The van der Waals surface area contributed by atoms with Crippen molar-refractivity contribution in [1.29, 1.82) is 0 Å². The second-order valence-electron chi connectivity index (χ2n) is 4.14. The fourth-order valence-corrected chi connectivity index (χ4v) is 1.72. The van der Waals surface area contributed by atoms with Crippen molar-refractivity contribution in [3.05, 3.63) is 35.4 Å². The molecule has 0 aliphatic rings. The number of carbonyl (C=O) groups excluding carboxylic acids is 1. The fraction of sp³-hybridized carbons (Fsp3) is 0.500. The van der Waals surface area contributed by atoms with Crippen LogP contribution < -0.4 is 0 Å². The van der Waals surface area contributed by atoms with Crippen molar-refractivity contribution < 1.29 is 9.63 Å². The summed E-state index contributed by atoms with van der Waals surface area (Å²) in [5, 5.41) is 1.22. The van der Waals surface area contributed by atoms with E-state index in [-0.39, 0.29) is 5.91 Å². The van der Waals surface area contributed by atoms with E-state index in [2.05, 4.69) is 18.7 Å². The Bertz CT molecular complexity index is 372. The van der Waals surface area contributed by atoms with Gasteiger partial charge in [-0.25, -0.2) is 5.06 Å². The summed E-state index contributed by atoms with van der Waals surface area (Å²) < 4.78 is 0. The Hall–Kier alpha value is -1.39. The predicted molar refractivity (Wildman–Crippen MR) is 72.2 cm³/mol. The Kier molecular flexibility index (Phi) is 5.82. The number of hydroxylamine groups is 2. The Balaban J connectivity index is 2.71. The Morgan fingerprint density at radius 3 is 2.17 bits per heavy atom. The molecule has 0 N–H and O–H groups in total. The van der Waals surface area contributed by atoms with E-state index < -0.39 is 0 Å². The van der Waals surface area contributed by atoms with Crippen LogP contribution in [-0.4, -0.2) is 43.1 Å². The molecule has 0 bridgehead atoms. The lowest BCUT2D eigenvalue weighted by Crippen LogP contribution is -2.25. The predicted octanol–water partition coefficient (Wildman–Crippen LogP) is 2.16. The zero-order valence-electron chi connectivity index (χ0n) is 11.6. The summed E-state index contributed by atoms with van der Waals surface area (Å²) in [6.07, 6.45) is 0. The second kappa shape index (κ2) is 7.13. The molecule has 0 fully saturated rings. The maximum absolute atomic E-state index is 11.8. The molecule has 0 unspecified atom stereocenters. The Morgan fingerprint density at radius 1 is 1.17 bits per heavy atom. The minimum absolute atomic E-state index is 0.133. The summed E-state index contributed by atoms with van der Waals surface area (Å²) in [4.78, 5) is 19.0. The van der Waals surface area contributed by atoms with Crippen LogP contribution >= 0.6 is 0 Å². The van der Waals surface area contributed by atoms with Gasteiger partial charge in [-0.05, 0) is 30.8 Å². The highest BCUT2D eigenvalue weighted by molar-refractivity contribution is 5.93. The molecule has 0 aliphatic heterocycles. The average molecular weight is 250 g/mol. The van der Waals surface area contributed by atoms with Crippen LogP contribution in [0.25, 0.3) is 0 Å². The molecular formula is C14H22N2O2. The minimum Gasteiger partial charge on any atom is -0.300 e. The lowest BCUT2D eigenvalue weighted by atomic mass is 10.1. The largest absolute Gasteiger partial charge is 0.300 e. The molecule has 0 atom stereocenters. The van der Waals surface area contributed by atoms with Crippen LogP contribution in [0.15, 0.2) is 24.3 Å². The van der Waals surface area contributed by atoms with Crippen molar-refractivity contribution >= 4 is 5.91 Å². The van der Waals surface area contributed by atoms with Crippen LogP contribution in [-0.2, 0) is 11.4 Å². The quantitative estimate of drug-likeness (QED) is 0.725. The van der Waals surface area contributed by atoms with Crippen LogP contribution in [0.5, 0.6) is 0 Å². The zero-order chi connectivity index (χ0) is 13.5. The van der Waals surface area contributed by atoms with Crippen molar-refractivity contribution in [3.8, 4) is 0 Å². The highest BCUT2D eigenvalue weighted by Crippen LogP contribution is 2.09. The summed E-state index contributed by atoms with van der Waals surface area (Å²) in [6.45, 7) is 7.28. The van der Waals surface area contributed by atoms with Crippen LogP contribution in [0.4, 0.5) is 0 Å². The molecule has 0 radical (unpaired) electrons. The SMILES string of the molecule is CCN(CC)Cc1ccc(C(=O)N(C)OC)cc1. The maximum Gasteiger partial charge on any atom is 0.277 e. The standard InChI is InChI=1S/C14H22N2O2/c1-5-16(6-2)11-12-7-9-13(10-8-12)14(17)15(3)18-4/h7-10H,5-6,11H2,1-4H3. The summed E-state index contributed by atoms with van der Waals surface area (Å²) in [5.74, 6) is -0.133. The summed E-state index contributed by atoms with van der Waals surface area (Å²) >= 11 is 0. The molecule has 1 amide bonds. The van der Waals surface area contributed by atoms with Crippen molar-refractivity contribution in [3.63, 3.8) is 0 Å². The monoisotopic (exact) mass is 250 g/mol. The van der Waals surface area contributed by atoms with Gasteiger partial charge in [0.1, 0.15) is 0 Å². The topological polar surface area (TPSA) is 32.8 Å². The van der Waals surface area contributed by atoms with E-state index in [1.165, 1.54) is 17.7 Å². The van der Waals surface area contributed by atoms with Gasteiger partial charge in [0.25, 0.3) is 5.91 Å². The smallest absolute Gasteiger partial charge is 0.277 e. The summed E-state index contributed by atoms with van der Waals surface area (Å²) in [5.41, 5.74) is 1.86. The lowest BCUT2D eigenvalue weighted by Gasteiger charge is -2.18. The van der Waals surface area contributed by atoms with E-state index in [1.807, 2.05) is 24.3 Å². The molecule has 0 saturated carbocycles. The number of rotatable bonds is 6. The van der Waals surface area contributed by atoms with Crippen LogP contribution in [0.2, 0.25) is 0 Å². The van der Waals surface area contributed by atoms with Gasteiger partial charge >= 0.3 is 0 Å². The molecule has 4 heteroatoms. The van der Waals surface area contributed by atoms with E-state index in [9.17, 15) is 4.79 Å². The van der Waals surface area contributed by atoms with Gasteiger partial charge in [0.15, 0.2) is 0 Å². The van der Waals surface area contributed by atoms with E-state index in [4.69, 9.17) is 4.84 Å².